The Kier molecular flexibility index (Phi) is 6.03. The maximum atomic E-state index is 12.2. The topological polar surface area (TPSA) is 49.9 Å². The molecule has 1 amide bonds. The fraction of sp³-hybridized carbons (Fsp3) is 0.875. The summed E-state index contributed by atoms with van der Waals surface area (Å²) in [4.78, 5) is 27.8. The lowest BCUT2D eigenvalue weighted by atomic mass is 10.0. The van der Waals surface area contributed by atoms with Crippen LogP contribution in [0.5, 0.6) is 0 Å². The van der Waals surface area contributed by atoms with Gasteiger partial charge in [-0.2, -0.15) is 0 Å². The first-order chi connectivity index (χ1) is 10.1. The molecule has 0 bridgehead atoms. The summed E-state index contributed by atoms with van der Waals surface area (Å²) >= 11 is 0. The van der Waals surface area contributed by atoms with E-state index in [-0.39, 0.29) is 17.9 Å². The van der Waals surface area contributed by atoms with Crippen molar-refractivity contribution in [2.45, 2.75) is 51.5 Å². The Labute approximate surface area is 127 Å². The molecule has 0 spiro atoms. The predicted octanol–water partition coefficient (Wildman–Crippen LogP) is 1.66. The van der Waals surface area contributed by atoms with Gasteiger partial charge in [-0.25, -0.2) is 0 Å². The first-order valence-corrected chi connectivity index (χ1v) is 8.21. The third kappa shape index (κ3) is 4.43. The predicted molar refractivity (Wildman–Crippen MR) is 80.8 cm³/mol. The Morgan fingerprint density at radius 1 is 1.14 bits per heavy atom. The zero-order valence-corrected chi connectivity index (χ0v) is 13.3. The Morgan fingerprint density at radius 3 is 2.33 bits per heavy atom. The van der Waals surface area contributed by atoms with Crippen LogP contribution in [0.3, 0.4) is 0 Å². The molecule has 1 heterocycles. The molecule has 0 aromatic heterocycles. The van der Waals surface area contributed by atoms with Gasteiger partial charge in [0.05, 0.1) is 7.11 Å². The highest BCUT2D eigenvalue weighted by atomic mass is 16.5. The second kappa shape index (κ2) is 7.78. The average molecular weight is 296 g/mol. The van der Waals surface area contributed by atoms with E-state index in [9.17, 15) is 9.59 Å². The lowest BCUT2D eigenvalue weighted by Crippen LogP contribution is -2.53. The van der Waals surface area contributed by atoms with Gasteiger partial charge in [-0.3, -0.25) is 14.5 Å². The molecular formula is C16H28N2O3. The van der Waals surface area contributed by atoms with Crippen molar-refractivity contribution in [1.82, 2.24) is 9.80 Å². The molecule has 1 atom stereocenters. The molecule has 120 valence electrons. The molecular weight excluding hydrogens is 268 g/mol. The van der Waals surface area contributed by atoms with Gasteiger partial charge in [-0.1, -0.05) is 25.7 Å². The van der Waals surface area contributed by atoms with Crippen LogP contribution in [0.25, 0.3) is 0 Å². The van der Waals surface area contributed by atoms with Crippen molar-refractivity contribution in [1.29, 1.82) is 0 Å². The molecule has 1 saturated carbocycles. The van der Waals surface area contributed by atoms with Crippen molar-refractivity contribution in [2.75, 3.05) is 33.3 Å². The molecule has 5 heteroatoms. The molecule has 1 aliphatic carbocycles. The van der Waals surface area contributed by atoms with Crippen LogP contribution in [0.15, 0.2) is 0 Å². The third-order valence-corrected chi connectivity index (χ3v) is 5.00. The number of methoxy groups -OCH3 is 1. The zero-order chi connectivity index (χ0) is 15.2. The van der Waals surface area contributed by atoms with Crippen molar-refractivity contribution in [3.63, 3.8) is 0 Å². The standard InChI is InChI=1S/C16H28N2O3/c1-13(16(20)21-2)17-9-11-18(12-10-17)15(19)8-7-14-5-3-4-6-14/h13-14H,3-12H2,1-2H3. The second-order valence-corrected chi connectivity index (χ2v) is 6.31. The van der Waals surface area contributed by atoms with E-state index >= 15 is 0 Å². The lowest BCUT2D eigenvalue weighted by Gasteiger charge is -2.37. The highest BCUT2D eigenvalue weighted by Gasteiger charge is 2.28. The minimum Gasteiger partial charge on any atom is -0.468 e. The molecule has 0 aromatic carbocycles. The van der Waals surface area contributed by atoms with Crippen LogP contribution in [0.1, 0.15) is 45.4 Å². The number of ether oxygens (including phenoxy) is 1. The number of amides is 1. The molecule has 1 saturated heterocycles. The van der Waals surface area contributed by atoms with Gasteiger partial charge in [0, 0.05) is 32.6 Å². The van der Waals surface area contributed by atoms with Gasteiger partial charge >= 0.3 is 5.97 Å². The van der Waals surface area contributed by atoms with Gasteiger partial charge in [0.2, 0.25) is 5.91 Å². The summed E-state index contributed by atoms with van der Waals surface area (Å²) < 4.78 is 4.77. The van der Waals surface area contributed by atoms with E-state index in [0.717, 1.165) is 38.5 Å². The summed E-state index contributed by atoms with van der Waals surface area (Å²) in [6.07, 6.45) is 7.02. The number of piperazine rings is 1. The number of nitrogens with zero attached hydrogens (tertiary/aromatic N) is 2. The van der Waals surface area contributed by atoms with E-state index in [1.165, 1.54) is 32.8 Å². The normalized spacial score (nSPS) is 22.3. The van der Waals surface area contributed by atoms with Gasteiger partial charge in [-0.15, -0.1) is 0 Å². The van der Waals surface area contributed by atoms with Gasteiger partial charge in [-0.05, 0) is 19.3 Å². The van der Waals surface area contributed by atoms with Crippen LogP contribution in [0.2, 0.25) is 0 Å². The summed E-state index contributed by atoms with van der Waals surface area (Å²) in [7, 11) is 1.42. The van der Waals surface area contributed by atoms with E-state index < -0.39 is 0 Å². The summed E-state index contributed by atoms with van der Waals surface area (Å²) in [6, 6.07) is -0.217. The molecule has 0 aromatic rings. The maximum Gasteiger partial charge on any atom is 0.322 e. The van der Waals surface area contributed by atoms with Crippen LogP contribution in [-0.4, -0.2) is 61.0 Å². The SMILES string of the molecule is COC(=O)C(C)N1CCN(C(=O)CCC2CCCC2)CC1. The van der Waals surface area contributed by atoms with E-state index in [2.05, 4.69) is 4.90 Å². The minimum atomic E-state index is -0.217. The number of carbonyl (C=O) groups excluding carboxylic acids is 2. The molecule has 0 N–H and O–H groups in total. The Bertz CT molecular complexity index is 359. The first-order valence-electron chi connectivity index (χ1n) is 8.21. The molecule has 0 radical (unpaired) electrons. The van der Waals surface area contributed by atoms with E-state index in [4.69, 9.17) is 4.74 Å². The van der Waals surface area contributed by atoms with Crippen LogP contribution >= 0.6 is 0 Å². The van der Waals surface area contributed by atoms with Crippen molar-refractivity contribution < 1.29 is 14.3 Å². The molecule has 2 aliphatic rings. The second-order valence-electron chi connectivity index (χ2n) is 6.31. The fourth-order valence-corrected chi connectivity index (χ4v) is 3.46. The number of rotatable bonds is 5. The van der Waals surface area contributed by atoms with Crippen molar-refractivity contribution in [3.05, 3.63) is 0 Å². The number of esters is 1. The molecule has 5 nitrogen and oxygen atoms in total. The fourth-order valence-electron chi connectivity index (χ4n) is 3.46. The van der Waals surface area contributed by atoms with Crippen molar-refractivity contribution in [3.8, 4) is 0 Å². The molecule has 21 heavy (non-hydrogen) atoms. The van der Waals surface area contributed by atoms with Crippen LogP contribution in [0, 0.1) is 5.92 Å². The van der Waals surface area contributed by atoms with Gasteiger partial charge in [0.1, 0.15) is 6.04 Å². The summed E-state index contributed by atoms with van der Waals surface area (Å²) in [5.41, 5.74) is 0. The van der Waals surface area contributed by atoms with Gasteiger partial charge < -0.3 is 9.64 Å². The van der Waals surface area contributed by atoms with Gasteiger partial charge in [0.25, 0.3) is 0 Å². The molecule has 1 unspecified atom stereocenters. The van der Waals surface area contributed by atoms with Crippen molar-refractivity contribution >= 4 is 11.9 Å². The Hall–Kier alpha value is -1.10. The van der Waals surface area contributed by atoms with E-state index in [1.54, 1.807) is 0 Å². The minimum absolute atomic E-state index is 0.198. The Morgan fingerprint density at radius 2 is 1.76 bits per heavy atom. The van der Waals surface area contributed by atoms with E-state index in [1.807, 2.05) is 11.8 Å². The molecule has 1 aliphatic heterocycles. The monoisotopic (exact) mass is 296 g/mol. The van der Waals surface area contributed by atoms with Crippen LogP contribution in [0.4, 0.5) is 0 Å². The summed E-state index contributed by atoms with van der Waals surface area (Å²) in [6.45, 7) is 4.83. The number of hydrogen-bond acceptors (Lipinski definition) is 4. The quantitative estimate of drug-likeness (QED) is 0.724. The van der Waals surface area contributed by atoms with Crippen LogP contribution in [-0.2, 0) is 14.3 Å². The summed E-state index contributed by atoms with van der Waals surface area (Å²) in [5, 5.41) is 0. The Balaban J connectivity index is 1.70. The van der Waals surface area contributed by atoms with Gasteiger partial charge in [0.15, 0.2) is 0 Å². The average Bonchev–Trinajstić information content (AvgIpc) is 3.04. The highest BCUT2D eigenvalue weighted by molar-refractivity contribution is 5.77. The largest absolute Gasteiger partial charge is 0.468 e. The summed E-state index contributed by atoms with van der Waals surface area (Å²) in [5.74, 6) is 0.859. The zero-order valence-electron chi connectivity index (χ0n) is 13.3. The first kappa shape index (κ1) is 16.3. The number of carbonyl (C=O) groups is 2. The maximum absolute atomic E-state index is 12.2. The lowest BCUT2D eigenvalue weighted by molar-refractivity contribution is -0.147. The van der Waals surface area contributed by atoms with E-state index in [0.29, 0.717) is 6.42 Å². The highest BCUT2D eigenvalue weighted by Crippen LogP contribution is 2.28. The smallest absolute Gasteiger partial charge is 0.322 e. The number of hydrogen-bond donors (Lipinski definition) is 0. The molecule has 2 rings (SSSR count). The van der Waals surface area contributed by atoms with Crippen molar-refractivity contribution in [2.24, 2.45) is 5.92 Å². The third-order valence-electron chi connectivity index (χ3n) is 5.00. The molecule has 2 fully saturated rings. The van der Waals surface area contributed by atoms with Crippen LogP contribution < -0.4 is 0 Å².